The van der Waals surface area contributed by atoms with Crippen LogP contribution in [0.1, 0.15) is 16.7 Å². The van der Waals surface area contributed by atoms with E-state index in [4.69, 9.17) is 0 Å². The molecule has 0 aromatic heterocycles. The molecule has 2 aliphatic heterocycles. The van der Waals surface area contributed by atoms with E-state index < -0.39 is 22.1 Å². The van der Waals surface area contributed by atoms with E-state index in [0.717, 1.165) is 33.8 Å². The largest absolute Gasteiger partial charge is 0.366 e. The number of fused-ring (bicyclic) bond motifs is 2. The first-order valence-electron chi connectivity index (χ1n) is 14.9. The summed E-state index contributed by atoms with van der Waals surface area (Å²) in [5.41, 5.74) is 4.62. The fourth-order valence-electron chi connectivity index (χ4n) is 6.23. The first kappa shape index (κ1) is 29.7. The van der Waals surface area contributed by atoms with Crippen LogP contribution in [0.25, 0.3) is 10.8 Å². The Bertz CT molecular complexity index is 1780. The summed E-state index contributed by atoms with van der Waals surface area (Å²) >= 11 is 0. The second kappa shape index (κ2) is 12.7. The fraction of sp³-hybridized carbons (Fsp3) is 0.294. The number of piperazine rings is 1. The van der Waals surface area contributed by atoms with Gasteiger partial charge in [-0.3, -0.25) is 14.3 Å². The fourth-order valence-corrected chi connectivity index (χ4v) is 6.80. The zero-order valence-electron chi connectivity index (χ0n) is 24.7. The van der Waals surface area contributed by atoms with Gasteiger partial charge < -0.3 is 20.4 Å². The number of hydrogen-bond acceptors (Lipinski definition) is 6. The smallest absolute Gasteiger partial charge is 0.245 e. The van der Waals surface area contributed by atoms with Crippen LogP contribution in [-0.2, 0) is 39.0 Å². The molecule has 4 aromatic carbocycles. The van der Waals surface area contributed by atoms with Crippen LogP contribution in [0.4, 0.5) is 11.4 Å². The first-order valence-corrected chi connectivity index (χ1v) is 16.8. The Kier molecular flexibility index (Phi) is 8.54. The van der Waals surface area contributed by atoms with Gasteiger partial charge in [-0.25, -0.2) is 8.42 Å². The van der Waals surface area contributed by atoms with Gasteiger partial charge in [-0.15, -0.1) is 0 Å². The van der Waals surface area contributed by atoms with Gasteiger partial charge in [0.15, 0.2) is 0 Å². The van der Waals surface area contributed by atoms with Crippen molar-refractivity contribution in [3.05, 3.63) is 108 Å². The molecule has 2 heterocycles. The Balaban J connectivity index is 1.20. The zero-order valence-corrected chi connectivity index (χ0v) is 25.5. The van der Waals surface area contributed by atoms with Crippen LogP contribution in [0.3, 0.4) is 0 Å². The number of nitrogens with one attached hydrogen (secondary N) is 3. The van der Waals surface area contributed by atoms with Gasteiger partial charge in [0.25, 0.3) is 0 Å². The molecule has 2 aliphatic rings. The minimum absolute atomic E-state index is 0.121. The normalized spacial score (nSPS) is 17.5. The van der Waals surface area contributed by atoms with E-state index in [-0.39, 0.29) is 11.8 Å². The molecule has 9 nitrogen and oxygen atoms in total. The molecule has 1 saturated heterocycles. The summed E-state index contributed by atoms with van der Waals surface area (Å²) in [7, 11) is -3.44. The quantitative estimate of drug-likeness (QED) is 0.282. The average Bonchev–Trinajstić information content (AvgIpc) is 3.03. The maximum Gasteiger partial charge on any atom is 0.245 e. The number of benzene rings is 4. The molecule has 228 valence electrons. The number of sulfonamides is 1. The predicted octanol–water partition coefficient (Wildman–Crippen LogP) is 3.30. The highest BCUT2D eigenvalue weighted by atomic mass is 32.2. The van der Waals surface area contributed by atoms with Crippen LogP contribution in [-0.4, -0.2) is 69.7 Å². The highest BCUT2D eigenvalue weighted by Crippen LogP contribution is 2.28. The topological polar surface area (TPSA) is 111 Å². The minimum atomic E-state index is -3.44. The summed E-state index contributed by atoms with van der Waals surface area (Å²) in [6, 6.07) is 28.4. The van der Waals surface area contributed by atoms with Crippen molar-refractivity contribution in [2.24, 2.45) is 0 Å². The highest BCUT2D eigenvalue weighted by Gasteiger charge is 2.32. The third-order valence-electron chi connectivity index (χ3n) is 8.45. The van der Waals surface area contributed by atoms with E-state index in [1.165, 1.54) is 5.56 Å². The van der Waals surface area contributed by atoms with E-state index in [2.05, 4.69) is 38.5 Å². The molecule has 10 heteroatoms. The Hall–Kier alpha value is -4.41. The van der Waals surface area contributed by atoms with Gasteiger partial charge >= 0.3 is 0 Å². The molecule has 44 heavy (non-hydrogen) atoms. The van der Waals surface area contributed by atoms with E-state index in [9.17, 15) is 18.0 Å². The standard InChI is InChI=1S/C34H37N5O4S/c1-44(42,43)37-29-15-6-7-16-32(29)38-17-19-39(20-18-38)34(41)31(22-26-13-8-12-24-9-4-5-14-28(24)26)36-33(40)30-21-25-10-2-3-11-27(25)23-35-30/h2-16,30-31,35,37H,17-23H2,1H3,(H,36,40)/t30-,31+/m0/s1. The van der Waals surface area contributed by atoms with Gasteiger partial charge in [-0.2, -0.15) is 0 Å². The first-order chi connectivity index (χ1) is 21.2. The molecule has 2 atom stereocenters. The van der Waals surface area contributed by atoms with Crippen molar-refractivity contribution in [1.82, 2.24) is 15.5 Å². The van der Waals surface area contributed by atoms with Gasteiger partial charge in [0.05, 0.1) is 23.7 Å². The maximum atomic E-state index is 14.1. The summed E-state index contributed by atoms with van der Waals surface area (Å²) in [5.74, 6) is -0.304. The number of amides is 2. The summed E-state index contributed by atoms with van der Waals surface area (Å²) in [4.78, 5) is 31.7. The predicted molar refractivity (Wildman–Crippen MR) is 174 cm³/mol. The monoisotopic (exact) mass is 611 g/mol. The lowest BCUT2D eigenvalue weighted by atomic mass is 9.94. The minimum Gasteiger partial charge on any atom is -0.366 e. The number of para-hydroxylation sites is 2. The Morgan fingerprint density at radius 2 is 1.55 bits per heavy atom. The Morgan fingerprint density at radius 3 is 2.34 bits per heavy atom. The second-order valence-electron chi connectivity index (χ2n) is 11.5. The third kappa shape index (κ3) is 6.71. The van der Waals surface area contributed by atoms with E-state index >= 15 is 0 Å². The third-order valence-corrected chi connectivity index (χ3v) is 9.04. The van der Waals surface area contributed by atoms with Crippen molar-refractivity contribution >= 4 is 44.0 Å². The van der Waals surface area contributed by atoms with Gasteiger partial charge in [0, 0.05) is 39.1 Å². The van der Waals surface area contributed by atoms with Gasteiger partial charge in [0.1, 0.15) is 6.04 Å². The van der Waals surface area contributed by atoms with Crippen LogP contribution in [0, 0.1) is 0 Å². The molecule has 0 unspecified atom stereocenters. The summed E-state index contributed by atoms with van der Waals surface area (Å²) in [6.07, 6.45) is 2.07. The van der Waals surface area contributed by atoms with Crippen molar-refractivity contribution in [2.45, 2.75) is 31.5 Å². The van der Waals surface area contributed by atoms with Crippen LogP contribution in [0.5, 0.6) is 0 Å². The van der Waals surface area contributed by atoms with Crippen molar-refractivity contribution < 1.29 is 18.0 Å². The molecule has 0 saturated carbocycles. The average molecular weight is 612 g/mol. The molecule has 0 spiro atoms. The molecule has 4 aromatic rings. The molecule has 6 rings (SSSR count). The van der Waals surface area contributed by atoms with Crippen LogP contribution in [0.15, 0.2) is 91.0 Å². The van der Waals surface area contributed by atoms with Crippen LogP contribution in [0.2, 0.25) is 0 Å². The summed E-state index contributed by atoms with van der Waals surface area (Å²) in [6.45, 7) is 2.56. The molecule has 2 amide bonds. The van der Waals surface area contributed by atoms with E-state index in [1.54, 1.807) is 12.1 Å². The van der Waals surface area contributed by atoms with Gasteiger partial charge in [0.2, 0.25) is 21.8 Å². The zero-order chi connectivity index (χ0) is 30.7. The number of carbonyl (C=O) groups is 2. The SMILES string of the molecule is CS(=O)(=O)Nc1ccccc1N1CCN(C(=O)[C@@H](Cc2cccc3ccccc23)NC(=O)[C@@H]2Cc3ccccc3CN2)CC1. The van der Waals surface area contributed by atoms with Crippen molar-refractivity contribution in [1.29, 1.82) is 0 Å². The number of anilines is 2. The summed E-state index contributed by atoms with van der Waals surface area (Å²) < 4.78 is 26.4. The van der Waals surface area contributed by atoms with Crippen molar-refractivity contribution in [3.63, 3.8) is 0 Å². The maximum absolute atomic E-state index is 14.1. The summed E-state index contributed by atoms with van der Waals surface area (Å²) in [5, 5.41) is 8.62. The molecule has 3 N–H and O–H groups in total. The number of carbonyl (C=O) groups excluding carboxylic acids is 2. The van der Waals surface area contributed by atoms with Crippen molar-refractivity contribution in [2.75, 3.05) is 42.1 Å². The number of hydrogen-bond donors (Lipinski definition) is 3. The van der Waals surface area contributed by atoms with Crippen LogP contribution < -0.4 is 20.3 Å². The van der Waals surface area contributed by atoms with Gasteiger partial charge in [-0.1, -0.05) is 78.9 Å². The molecular formula is C34H37N5O4S. The van der Waals surface area contributed by atoms with Crippen LogP contribution >= 0.6 is 0 Å². The molecule has 0 radical (unpaired) electrons. The molecule has 0 bridgehead atoms. The van der Waals surface area contributed by atoms with Crippen molar-refractivity contribution in [3.8, 4) is 0 Å². The van der Waals surface area contributed by atoms with E-state index in [1.807, 2.05) is 65.6 Å². The lowest BCUT2D eigenvalue weighted by Crippen LogP contribution is -2.58. The number of rotatable bonds is 8. The molecule has 1 fully saturated rings. The van der Waals surface area contributed by atoms with Gasteiger partial charge in [-0.05, 0) is 46.0 Å². The molecular weight excluding hydrogens is 574 g/mol. The number of nitrogens with zero attached hydrogens (tertiary/aromatic N) is 2. The lowest BCUT2D eigenvalue weighted by Gasteiger charge is -2.38. The second-order valence-corrected chi connectivity index (χ2v) is 13.3. The molecule has 0 aliphatic carbocycles. The Morgan fingerprint density at radius 1 is 0.864 bits per heavy atom. The van der Waals surface area contributed by atoms with E-state index in [0.29, 0.717) is 51.3 Å². The Labute approximate surface area is 258 Å². The highest BCUT2D eigenvalue weighted by molar-refractivity contribution is 7.92. The lowest BCUT2D eigenvalue weighted by molar-refractivity contribution is -0.137.